The summed E-state index contributed by atoms with van der Waals surface area (Å²) in [6.07, 6.45) is 1.59. The van der Waals surface area contributed by atoms with Gasteiger partial charge in [0.1, 0.15) is 0 Å². The topological polar surface area (TPSA) is 89.9 Å². The van der Waals surface area contributed by atoms with Crippen molar-refractivity contribution < 1.29 is 13.5 Å². The van der Waals surface area contributed by atoms with Gasteiger partial charge in [-0.05, 0) is 6.07 Å². The van der Waals surface area contributed by atoms with Crippen molar-refractivity contribution in [2.45, 2.75) is 6.61 Å². The fraction of sp³-hybridized carbons (Fsp3) is 0.636. The van der Waals surface area contributed by atoms with Crippen LogP contribution in [-0.4, -0.2) is 72.4 Å². The highest BCUT2D eigenvalue weighted by Crippen LogP contribution is 2.14. The molecule has 9 heteroatoms. The standard InChI is InChI=1S/C11H19N5O3S/c1-14(2)20(18,19)16-7-5-15(6-8-16)11-12-4-3-10(9-17)13-11/h3-4,17H,5-9H2,1-2H3. The molecule has 0 bridgehead atoms. The molecule has 2 rings (SSSR count). The van der Waals surface area contributed by atoms with Crippen molar-refractivity contribution in [2.24, 2.45) is 0 Å². The second-order valence-electron chi connectivity index (χ2n) is 4.68. The van der Waals surface area contributed by atoms with Crippen LogP contribution in [0, 0.1) is 0 Å². The van der Waals surface area contributed by atoms with Gasteiger partial charge in [0.05, 0.1) is 12.3 Å². The summed E-state index contributed by atoms with van der Waals surface area (Å²) in [4.78, 5) is 10.3. The average molecular weight is 301 g/mol. The molecule has 0 aromatic carbocycles. The van der Waals surface area contributed by atoms with Gasteiger partial charge in [-0.1, -0.05) is 0 Å². The van der Waals surface area contributed by atoms with Crippen molar-refractivity contribution in [3.63, 3.8) is 0 Å². The van der Waals surface area contributed by atoms with Gasteiger partial charge in [-0.25, -0.2) is 9.97 Å². The summed E-state index contributed by atoms with van der Waals surface area (Å²) < 4.78 is 26.7. The molecular formula is C11H19N5O3S. The van der Waals surface area contributed by atoms with Crippen LogP contribution in [0.3, 0.4) is 0 Å². The highest BCUT2D eigenvalue weighted by atomic mass is 32.2. The number of aliphatic hydroxyl groups excluding tert-OH is 1. The van der Waals surface area contributed by atoms with Crippen molar-refractivity contribution in [3.05, 3.63) is 18.0 Å². The van der Waals surface area contributed by atoms with Crippen LogP contribution in [0.15, 0.2) is 12.3 Å². The Balaban J connectivity index is 2.04. The SMILES string of the molecule is CN(C)S(=O)(=O)N1CCN(c2nccc(CO)n2)CC1. The molecule has 1 aromatic rings. The van der Waals surface area contributed by atoms with Gasteiger partial charge in [0.2, 0.25) is 5.95 Å². The van der Waals surface area contributed by atoms with Gasteiger partial charge >= 0.3 is 0 Å². The van der Waals surface area contributed by atoms with Gasteiger partial charge in [0.15, 0.2) is 0 Å². The van der Waals surface area contributed by atoms with Crippen molar-refractivity contribution in [1.82, 2.24) is 18.6 Å². The minimum absolute atomic E-state index is 0.134. The molecule has 1 aliphatic heterocycles. The van der Waals surface area contributed by atoms with Crippen molar-refractivity contribution in [1.29, 1.82) is 0 Å². The van der Waals surface area contributed by atoms with Gasteiger partial charge in [0, 0.05) is 46.5 Å². The normalized spacial score (nSPS) is 17.7. The monoisotopic (exact) mass is 301 g/mol. The molecule has 1 aromatic heterocycles. The van der Waals surface area contributed by atoms with Crippen molar-refractivity contribution in [3.8, 4) is 0 Å². The second kappa shape index (κ2) is 6.00. The zero-order chi connectivity index (χ0) is 14.8. The zero-order valence-corrected chi connectivity index (χ0v) is 12.4. The predicted octanol–water partition coefficient (Wildman–Crippen LogP) is -1.10. The van der Waals surface area contributed by atoms with E-state index in [0.717, 1.165) is 0 Å². The smallest absolute Gasteiger partial charge is 0.281 e. The lowest BCUT2D eigenvalue weighted by molar-refractivity contribution is 0.276. The second-order valence-corrected chi connectivity index (χ2v) is 6.82. The molecule has 1 saturated heterocycles. The van der Waals surface area contributed by atoms with E-state index in [4.69, 9.17) is 5.11 Å². The van der Waals surface area contributed by atoms with E-state index in [9.17, 15) is 8.42 Å². The van der Waals surface area contributed by atoms with Crippen molar-refractivity contribution in [2.75, 3.05) is 45.2 Å². The lowest BCUT2D eigenvalue weighted by Gasteiger charge is -2.35. The van der Waals surface area contributed by atoms with Crippen LogP contribution >= 0.6 is 0 Å². The van der Waals surface area contributed by atoms with Crippen LogP contribution in [0.25, 0.3) is 0 Å². The molecule has 1 N–H and O–H groups in total. The van der Waals surface area contributed by atoms with Crippen molar-refractivity contribution >= 4 is 16.2 Å². The first-order chi connectivity index (χ1) is 9.45. The lowest BCUT2D eigenvalue weighted by Crippen LogP contribution is -2.52. The average Bonchev–Trinajstić information content (AvgIpc) is 2.47. The van der Waals surface area contributed by atoms with E-state index in [2.05, 4.69) is 9.97 Å². The summed E-state index contributed by atoms with van der Waals surface area (Å²) in [6, 6.07) is 1.65. The Morgan fingerprint density at radius 3 is 2.50 bits per heavy atom. The third-order valence-corrected chi connectivity index (χ3v) is 5.11. The third kappa shape index (κ3) is 3.06. The highest BCUT2D eigenvalue weighted by Gasteiger charge is 2.29. The Hall–Kier alpha value is -1.29. The molecule has 1 fully saturated rings. The summed E-state index contributed by atoms with van der Waals surface area (Å²) in [5.74, 6) is 0.526. The summed E-state index contributed by atoms with van der Waals surface area (Å²) >= 11 is 0. The number of aromatic nitrogens is 2. The van der Waals surface area contributed by atoms with Crippen LogP contribution in [0.5, 0.6) is 0 Å². The van der Waals surface area contributed by atoms with Gasteiger partial charge in [-0.15, -0.1) is 0 Å². The third-order valence-electron chi connectivity index (χ3n) is 3.17. The number of piperazine rings is 1. The first kappa shape index (κ1) is 15.1. The van der Waals surface area contributed by atoms with Crippen LogP contribution in [0.4, 0.5) is 5.95 Å². The van der Waals surface area contributed by atoms with E-state index in [1.165, 1.54) is 22.7 Å². The molecule has 0 saturated carbocycles. The van der Waals surface area contributed by atoms with Crippen LogP contribution in [0.1, 0.15) is 5.69 Å². The van der Waals surface area contributed by atoms with E-state index in [0.29, 0.717) is 37.8 Å². The molecule has 20 heavy (non-hydrogen) atoms. The van der Waals surface area contributed by atoms with Gasteiger partial charge in [-0.2, -0.15) is 17.0 Å². The fourth-order valence-electron chi connectivity index (χ4n) is 1.97. The number of rotatable bonds is 4. The van der Waals surface area contributed by atoms with E-state index in [1.54, 1.807) is 12.3 Å². The van der Waals surface area contributed by atoms with Gasteiger partial charge < -0.3 is 10.0 Å². The Morgan fingerprint density at radius 1 is 1.30 bits per heavy atom. The van der Waals surface area contributed by atoms with Gasteiger partial charge in [-0.3, -0.25) is 0 Å². The molecule has 0 atom stereocenters. The van der Waals surface area contributed by atoms with Crippen LogP contribution in [-0.2, 0) is 16.8 Å². The molecule has 0 spiro atoms. The number of nitrogens with zero attached hydrogens (tertiary/aromatic N) is 5. The molecule has 0 unspecified atom stereocenters. The summed E-state index contributed by atoms with van der Waals surface area (Å²) in [6.45, 7) is 1.72. The maximum absolute atomic E-state index is 12.0. The quantitative estimate of drug-likeness (QED) is 0.759. The van der Waals surface area contributed by atoms with E-state index < -0.39 is 10.2 Å². The molecule has 0 radical (unpaired) electrons. The Bertz CT molecular complexity index is 555. The molecule has 8 nitrogen and oxygen atoms in total. The van der Waals surface area contributed by atoms with E-state index >= 15 is 0 Å². The lowest BCUT2D eigenvalue weighted by atomic mass is 10.4. The van der Waals surface area contributed by atoms with Crippen LogP contribution < -0.4 is 4.90 Å². The Morgan fingerprint density at radius 2 is 1.95 bits per heavy atom. The Kier molecular flexibility index (Phi) is 4.53. The molecule has 2 heterocycles. The largest absolute Gasteiger partial charge is 0.390 e. The maximum Gasteiger partial charge on any atom is 0.281 e. The summed E-state index contributed by atoms with van der Waals surface area (Å²) in [5, 5.41) is 9.07. The van der Waals surface area contributed by atoms with E-state index in [1.807, 2.05) is 4.90 Å². The summed E-state index contributed by atoms with van der Waals surface area (Å²) in [7, 11) is -0.313. The molecular weight excluding hydrogens is 282 g/mol. The maximum atomic E-state index is 12.0. The minimum atomic E-state index is -3.36. The zero-order valence-electron chi connectivity index (χ0n) is 11.6. The molecule has 0 aliphatic carbocycles. The summed E-state index contributed by atoms with van der Waals surface area (Å²) in [5.41, 5.74) is 0.554. The first-order valence-corrected chi connectivity index (χ1v) is 7.70. The number of hydrogen-bond donors (Lipinski definition) is 1. The first-order valence-electron chi connectivity index (χ1n) is 6.30. The number of hydrogen-bond acceptors (Lipinski definition) is 6. The predicted molar refractivity (Wildman–Crippen MR) is 74.3 cm³/mol. The highest BCUT2D eigenvalue weighted by molar-refractivity contribution is 7.86. The Labute approximate surface area is 118 Å². The number of aliphatic hydroxyl groups is 1. The van der Waals surface area contributed by atoms with Crippen LogP contribution in [0.2, 0.25) is 0 Å². The number of anilines is 1. The minimum Gasteiger partial charge on any atom is -0.390 e. The fourth-order valence-corrected chi connectivity index (χ4v) is 3.06. The molecule has 112 valence electrons. The molecule has 0 amide bonds. The van der Waals surface area contributed by atoms with E-state index in [-0.39, 0.29) is 6.61 Å². The molecule has 1 aliphatic rings. The van der Waals surface area contributed by atoms with Gasteiger partial charge in [0.25, 0.3) is 10.2 Å².